The number of pyridine rings is 1. The summed E-state index contributed by atoms with van der Waals surface area (Å²) in [5.41, 5.74) is 6.64. The van der Waals surface area contributed by atoms with Gasteiger partial charge in [0.15, 0.2) is 11.6 Å². The van der Waals surface area contributed by atoms with Gasteiger partial charge in [0.25, 0.3) is 0 Å². The normalized spacial score (nSPS) is 10.3. The van der Waals surface area contributed by atoms with E-state index in [1.165, 1.54) is 12.3 Å². The Morgan fingerprint density at radius 1 is 1.27 bits per heavy atom. The lowest BCUT2D eigenvalue weighted by molar-refractivity contribution is 0.628. The Morgan fingerprint density at radius 3 is 2.67 bits per heavy atom. The van der Waals surface area contributed by atoms with Crippen LogP contribution in [0.1, 0.15) is 0 Å². The zero-order valence-corrected chi connectivity index (χ0v) is 8.50. The number of hydrogen-bond acceptors (Lipinski definition) is 2. The van der Waals surface area contributed by atoms with Crippen molar-refractivity contribution in [2.75, 3.05) is 5.73 Å². The molecule has 1 aromatic heterocycles. The maximum atomic E-state index is 13.2. The van der Waals surface area contributed by atoms with E-state index >= 15 is 0 Å². The van der Waals surface area contributed by atoms with Crippen molar-refractivity contribution in [3.8, 4) is 11.1 Å². The van der Waals surface area contributed by atoms with Crippen molar-refractivity contribution in [2.24, 2.45) is 0 Å². The quantitative estimate of drug-likeness (QED) is 0.805. The van der Waals surface area contributed by atoms with Gasteiger partial charge in [-0.2, -0.15) is 0 Å². The summed E-state index contributed by atoms with van der Waals surface area (Å²) in [5, 5.41) is 0.559. The molecule has 1 heterocycles. The van der Waals surface area contributed by atoms with Crippen LogP contribution in [0.4, 0.5) is 10.2 Å². The van der Waals surface area contributed by atoms with Crippen LogP contribution in [0.3, 0.4) is 0 Å². The zero-order valence-electron chi connectivity index (χ0n) is 7.74. The van der Waals surface area contributed by atoms with Gasteiger partial charge in [0, 0.05) is 22.3 Å². The van der Waals surface area contributed by atoms with Crippen LogP contribution in [0.5, 0.6) is 0 Å². The summed E-state index contributed by atoms with van der Waals surface area (Å²) in [6.07, 6.45) is 1.50. The molecule has 0 spiro atoms. The Bertz CT molecular complexity index is 500. The lowest BCUT2D eigenvalue weighted by Gasteiger charge is -2.04. The molecule has 0 aliphatic rings. The second-order valence-corrected chi connectivity index (χ2v) is 3.48. The highest BCUT2D eigenvalue weighted by Gasteiger charge is 2.06. The highest BCUT2D eigenvalue weighted by Crippen LogP contribution is 2.27. The number of nitrogens with two attached hydrogens (primary N) is 1. The fourth-order valence-electron chi connectivity index (χ4n) is 1.29. The Hall–Kier alpha value is -1.61. The average molecular weight is 223 g/mol. The van der Waals surface area contributed by atoms with Crippen LogP contribution in [0.2, 0.25) is 5.02 Å². The van der Waals surface area contributed by atoms with Gasteiger partial charge in [-0.3, -0.25) is 0 Å². The van der Waals surface area contributed by atoms with Crippen molar-refractivity contribution in [2.45, 2.75) is 0 Å². The lowest BCUT2D eigenvalue weighted by atomic mass is 10.1. The third-order valence-corrected chi connectivity index (χ3v) is 2.38. The van der Waals surface area contributed by atoms with Gasteiger partial charge in [0.1, 0.15) is 0 Å². The molecule has 0 aliphatic carbocycles. The summed E-state index contributed by atoms with van der Waals surface area (Å²) in [4.78, 5) is 3.74. The Morgan fingerprint density at radius 2 is 2.00 bits per heavy atom. The van der Waals surface area contributed by atoms with Crippen LogP contribution in [0, 0.1) is 5.82 Å². The van der Waals surface area contributed by atoms with Crippen molar-refractivity contribution >= 4 is 17.4 Å². The fraction of sp³-hybridized carbons (Fsp3) is 0. The van der Waals surface area contributed by atoms with Crippen molar-refractivity contribution in [1.29, 1.82) is 0 Å². The molecule has 1 aromatic carbocycles. The molecule has 0 aliphatic heterocycles. The Balaban J connectivity index is 2.55. The van der Waals surface area contributed by atoms with Crippen molar-refractivity contribution in [1.82, 2.24) is 4.98 Å². The van der Waals surface area contributed by atoms with E-state index in [-0.39, 0.29) is 5.82 Å². The molecule has 0 fully saturated rings. The number of hydrogen-bond donors (Lipinski definition) is 1. The standard InChI is InChI=1S/C11H8ClFN2/c12-9-4-2-1-3-8(9)7-5-10(13)11(14)15-6-7/h1-6H,(H2,14,15). The lowest BCUT2D eigenvalue weighted by Crippen LogP contribution is -1.94. The molecule has 0 atom stereocenters. The first-order valence-corrected chi connectivity index (χ1v) is 4.72. The monoisotopic (exact) mass is 222 g/mol. The Labute approximate surface area is 91.5 Å². The smallest absolute Gasteiger partial charge is 0.165 e. The fourth-order valence-corrected chi connectivity index (χ4v) is 1.54. The first-order chi connectivity index (χ1) is 7.18. The van der Waals surface area contributed by atoms with Crippen LogP contribution in [0.15, 0.2) is 36.5 Å². The SMILES string of the molecule is Nc1ncc(-c2ccccc2Cl)cc1F. The van der Waals surface area contributed by atoms with Crippen LogP contribution >= 0.6 is 11.6 Å². The van der Waals surface area contributed by atoms with Gasteiger partial charge in [-0.25, -0.2) is 9.37 Å². The van der Waals surface area contributed by atoms with Gasteiger partial charge < -0.3 is 5.73 Å². The van der Waals surface area contributed by atoms with Gasteiger partial charge in [-0.1, -0.05) is 29.8 Å². The summed E-state index contributed by atoms with van der Waals surface area (Å²) < 4.78 is 13.2. The molecule has 2 nitrogen and oxygen atoms in total. The van der Waals surface area contributed by atoms with Crippen molar-refractivity contribution < 1.29 is 4.39 Å². The van der Waals surface area contributed by atoms with E-state index in [9.17, 15) is 4.39 Å². The summed E-state index contributed by atoms with van der Waals surface area (Å²) in [7, 11) is 0. The molecule has 0 saturated carbocycles. The van der Waals surface area contributed by atoms with Gasteiger partial charge in [0.2, 0.25) is 0 Å². The number of rotatable bonds is 1. The van der Waals surface area contributed by atoms with E-state index in [0.717, 1.165) is 5.56 Å². The second kappa shape index (κ2) is 3.87. The van der Waals surface area contributed by atoms with E-state index < -0.39 is 5.82 Å². The third kappa shape index (κ3) is 1.92. The number of nitrogens with zero attached hydrogens (tertiary/aromatic N) is 1. The van der Waals surface area contributed by atoms with Crippen molar-refractivity contribution in [3.05, 3.63) is 47.4 Å². The second-order valence-electron chi connectivity index (χ2n) is 3.07. The minimum atomic E-state index is -0.535. The maximum Gasteiger partial charge on any atom is 0.165 e. The number of nitrogen functional groups attached to an aromatic ring is 1. The molecule has 4 heteroatoms. The predicted octanol–water partition coefficient (Wildman–Crippen LogP) is 3.12. The molecule has 0 saturated heterocycles. The molecule has 2 N–H and O–H groups in total. The predicted molar refractivity (Wildman–Crippen MR) is 59.1 cm³/mol. The minimum Gasteiger partial charge on any atom is -0.381 e. The van der Waals surface area contributed by atoms with Gasteiger partial charge in [-0.15, -0.1) is 0 Å². The summed E-state index contributed by atoms with van der Waals surface area (Å²) in [6, 6.07) is 8.51. The van der Waals surface area contributed by atoms with Crippen LogP contribution in [0.25, 0.3) is 11.1 Å². The molecule has 15 heavy (non-hydrogen) atoms. The van der Waals surface area contributed by atoms with E-state index in [4.69, 9.17) is 17.3 Å². The summed E-state index contributed by atoms with van der Waals surface area (Å²) in [6.45, 7) is 0. The molecule has 0 unspecified atom stereocenters. The first kappa shape index (κ1) is 9.93. The van der Waals surface area contributed by atoms with Gasteiger partial charge in [0.05, 0.1) is 0 Å². The molecule has 0 radical (unpaired) electrons. The van der Waals surface area contributed by atoms with E-state index in [1.807, 2.05) is 12.1 Å². The number of aromatic nitrogens is 1. The molecule has 2 rings (SSSR count). The van der Waals surface area contributed by atoms with E-state index in [2.05, 4.69) is 4.98 Å². The summed E-state index contributed by atoms with van der Waals surface area (Å²) in [5.74, 6) is -0.641. The van der Waals surface area contributed by atoms with Crippen molar-refractivity contribution in [3.63, 3.8) is 0 Å². The molecular formula is C11H8ClFN2. The van der Waals surface area contributed by atoms with Crippen LogP contribution in [-0.2, 0) is 0 Å². The van der Waals surface area contributed by atoms with Crippen LogP contribution in [-0.4, -0.2) is 4.98 Å². The van der Waals surface area contributed by atoms with Gasteiger partial charge in [-0.05, 0) is 12.1 Å². The molecule has 0 bridgehead atoms. The Kier molecular flexibility index (Phi) is 2.56. The minimum absolute atomic E-state index is 0.106. The molecular weight excluding hydrogens is 215 g/mol. The number of benzene rings is 1. The number of halogens is 2. The molecule has 0 amide bonds. The average Bonchev–Trinajstić information content (AvgIpc) is 2.23. The highest BCUT2D eigenvalue weighted by molar-refractivity contribution is 6.33. The zero-order chi connectivity index (χ0) is 10.8. The number of anilines is 1. The van der Waals surface area contributed by atoms with E-state index in [0.29, 0.717) is 10.6 Å². The molecule has 2 aromatic rings. The van der Waals surface area contributed by atoms with E-state index in [1.54, 1.807) is 12.1 Å². The molecule has 76 valence electrons. The maximum absolute atomic E-state index is 13.2. The third-order valence-electron chi connectivity index (χ3n) is 2.05. The topological polar surface area (TPSA) is 38.9 Å². The summed E-state index contributed by atoms with van der Waals surface area (Å²) >= 11 is 5.97. The first-order valence-electron chi connectivity index (χ1n) is 4.34. The van der Waals surface area contributed by atoms with Gasteiger partial charge >= 0.3 is 0 Å². The highest BCUT2D eigenvalue weighted by atomic mass is 35.5. The van der Waals surface area contributed by atoms with Crippen LogP contribution < -0.4 is 5.73 Å². The largest absolute Gasteiger partial charge is 0.381 e.